The van der Waals surface area contributed by atoms with E-state index in [1.54, 1.807) is 6.20 Å². The predicted octanol–water partition coefficient (Wildman–Crippen LogP) is 3.98. The Bertz CT molecular complexity index is 1100. The number of nitrogens with two attached hydrogens (primary N) is 1. The van der Waals surface area contributed by atoms with Gasteiger partial charge in [0.15, 0.2) is 5.58 Å². The van der Waals surface area contributed by atoms with Crippen LogP contribution in [0.5, 0.6) is 0 Å². The maximum Gasteiger partial charge on any atom is 0.231 e. The van der Waals surface area contributed by atoms with E-state index in [2.05, 4.69) is 39.1 Å². The first-order chi connectivity index (χ1) is 13.8. The first-order valence-electron chi connectivity index (χ1n) is 9.32. The summed E-state index contributed by atoms with van der Waals surface area (Å²) in [6.45, 7) is 3.32. The van der Waals surface area contributed by atoms with Crippen molar-refractivity contribution < 1.29 is 9.15 Å². The van der Waals surface area contributed by atoms with Crippen LogP contribution in [0.3, 0.4) is 0 Å². The lowest BCUT2D eigenvalue weighted by atomic mass is 10.0. The van der Waals surface area contributed by atoms with Gasteiger partial charge in [0.2, 0.25) is 5.89 Å². The number of hydrogen-bond donors (Lipinski definition) is 1. The Morgan fingerprint density at radius 3 is 2.64 bits per heavy atom. The average Bonchev–Trinajstić information content (AvgIpc) is 3.19. The lowest BCUT2D eigenvalue weighted by molar-refractivity contribution is 0.122. The van der Waals surface area contributed by atoms with Gasteiger partial charge in [-0.25, -0.2) is 9.97 Å². The highest BCUT2D eigenvalue weighted by Gasteiger charge is 2.15. The second-order valence-corrected chi connectivity index (χ2v) is 6.79. The van der Waals surface area contributed by atoms with Crippen LogP contribution in [-0.4, -0.2) is 36.3 Å². The molecular formula is C22H20N4O2. The molecule has 28 heavy (non-hydrogen) atoms. The van der Waals surface area contributed by atoms with Crippen molar-refractivity contribution in [3.05, 3.63) is 60.8 Å². The molecule has 1 aliphatic rings. The molecule has 5 rings (SSSR count). The second kappa shape index (κ2) is 6.98. The highest BCUT2D eigenvalue weighted by Crippen LogP contribution is 2.32. The molecule has 2 aromatic carbocycles. The van der Waals surface area contributed by atoms with Gasteiger partial charge in [0.05, 0.1) is 18.8 Å². The molecule has 0 amide bonds. The number of para-hydroxylation sites is 2. The molecular weight excluding hydrogens is 352 g/mol. The molecule has 6 heteroatoms. The molecule has 0 unspecified atom stereocenters. The van der Waals surface area contributed by atoms with Crippen LogP contribution in [0.4, 0.5) is 11.5 Å². The molecule has 1 saturated heterocycles. The van der Waals surface area contributed by atoms with Gasteiger partial charge in [0, 0.05) is 30.5 Å². The number of pyridine rings is 1. The Morgan fingerprint density at radius 2 is 1.79 bits per heavy atom. The van der Waals surface area contributed by atoms with Crippen molar-refractivity contribution in [3.8, 4) is 22.6 Å². The van der Waals surface area contributed by atoms with E-state index in [1.165, 1.54) is 5.69 Å². The van der Waals surface area contributed by atoms with E-state index in [-0.39, 0.29) is 0 Å². The summed E-state index contributed by atoms with van der Waals surface area (Å²) < 4.78 is 11.3. The van der Waals surface area contributed by atoms with Crippen molar-refractivity contribution in [1.82, 2.24) is 9.97 Å². The zero-order valence-corrected chi connectivity index (χ0v) is 15.3. The summed E-state index contributed by atoms with van der Waals surface area (Å²) in [5.41, 5.74) is 11.6. The summed E-state index contributed by atoms with van der Waals surface area (Å²) in [6.07, 6.45) is 1.79. The number of nitrogen functional groups attached to an aromatic ring is 1. The molecule has 2 aromatic heterocycles. The molecule has 140 valence electrons. The molecule has 0 aliphatic carbocycles. The normalized spacial score (nSPS) is 14.5. The van der Waals surface area contributed by atoms with Gasteiger partial charge in [-0.15, -0.1) is 0 Å². The fraction of sp³-hybridized carbons (Fsp3) is 0.182. The Kier molecular flexibility index (Phi) is 4.18. The third kappa shape index (κ3) is 3.08. The van der Waals surface area contributed by atoms with Gasteiger partial charge < -0.3 is 19.8 Å². The molecule has 1 fully saturated rings. The molecule has 0 radical (unpaired) electrons. The van der Waals surface area contributed by atoms with Gasteiger partial charge >= 0.3 is 0 Å². The van der Waals surface area contributed by atoms with E-state index in [0.29, 0.717) is 17.3 Å². The van der Waals surface area contributed by atoms with Crippen LogP contribution in [0.2, 0.25) is 0 Å². The smallest absolute Gasteiger partial charge is 0.231 e. The number of rotatable bonds is 3. The molecule has 0 saturated carbocycles. The third-order valence-electron chi connectivity index (χ3n) is 5.00. The monoisotopic (exact) mass is 372 g/mol. The maximum atomic E-state index is 6.13. The number of anilines is 2. The largest absolute Gasteiger partial charge is 0.436 e. The topological polar surface area (TPSA) is 77.4 Å². The van der Waals surface area contributed by atoms with Gasteiger partial charge in [-0.3, -0.25) is 0 Å². The zero-order chi connectivity index (χ0) is 18.9. The Balaban J connectivity index is 1.54. The van der Waals surface area contributed by atoms with E-state index in [4.69, 9.17) is 14.9 Å². The molecule has 0 bridgehead atoms. The van der Waals surface area contributed by atoms with Crippen LogP contribution >= 0.6 is 0 Å². The summed E-state index contributed by atoms with van der Waals surface area (Å²) in [7, 11) is 0. The molecule has 0 atom stereocenters. The van der Waals surface area contributed by atoms with Gasteiger partial charge in [-0.1, -0.05) is 24.3 Å². The van der Waals surface area contributed by atoms with Crippen molar-refractivity contribution in [2.24, 2.45) is 0 Å². The van der Waals surface area contributed by atoms with E-state index < -0.39 is 0 Å². The highest BCUT2D eigenvalue weighted by atomic mass is 16.5. The van der Waals surface area contributed by atoms with Crippen LogP contribution in [0.1, 0.15) is 0 Å². The summed E-state index contributed by atoms with van der Waals surface area (Å²) in [5.74, 6) is 0.886. The van der Waals surface area contributed by atoms with E-state index in [0.717, 1.165) is 48.5 Å². The highest BCUT2D eigenvalue weighted by molar-refractivity contribution is 5.81. The standard InChI is InChI=1S/C22H20N4O2/c23-21-18(22-25-19-6-1-2-7-20(19)28-22)13-16(14-24-21)15-4-3-5-17(12-15)26-8-10-27-11-9-26/h1-7,12-14H,8-11H2,(H2,23,24). The molecule has 3 heterocycles. The van der Waals surface area contributed by atoms with Gasteiger partial charge in [0.25, 0.3) is 0 Å². The maximum absolute atomic E-state index is 6.13. The number of aromatic nitrogens is 2. The quantitative estimate of drug-likeness (QED) is 0.586. The second-order valence-electron chi connectivity index (χ2n) is 6.79. The van der Waals surface area contributed by atoms with Gasteiger partial charge in [-0.2, -0.15) is 0 Å². The lowest BCUT2D eigenvalue weighted by Crippen LogP contribution is -2.36. The molecule has 6 nitrogen and oxygen atoms in total. The van der Waals surface area contributed by atoms with Crippen molar-refractivity contribution in [2.75, 3.05) is 36.9 Å². The number of oxazole rings is 1. The van der Waals surface area contributed by atoms with Crippen molar-refractivity contribution >= 4 is 22.6 Å². The molecule has 0 spiro atoms. The zero-order valence-electron chi connectivity index (χ0n) is 15.3. The fourth-order valence-electron chi connectivity index (χ4n) is 3.50. The van der Waals surface area contributed by atoms with Gasteiger partial charge in [0.1, 0.15) is 11.3 Å². The first kappa shape index (κ1) is 16.8. The van der Waals surface area contributed by atoms with Crippen LogP contribution < -0.4 is 10.6 Å². The number of fused-ring (bicyclic) bond motifs is 1. The minimum atomic E-state index is 0.402. The molecule has 2 N–H and O–H groups in total. The van der Waals surface area contributed by atoms with Gasteiger partial charge in [-0.05, 0) is 35.9 Å². The van der Waals surface area contributed by atoms with Crippen molar-refractivity contribution in [2.45, 2.75) is 0 Å². The predicted molar refractivity (Wildman–Crippen MR) is 110 cm³/mol. The number of hydrogen-bond acceptors (Lipinski definition) is 6. The van der Waals surface area contributed by atoms with Crippen molar-refractivity contribution in [3.63, 3.8) is 0 Å². The Morgan fingerprint density at radius 1 is 0.929 bits per heavy atom. The first-order valence-corrected chi connectivity index (χ1v) is 9.32. The molecule has 4 aromatic rings. The fourth-order valence-corrected chi connectivity index (χ4v) is 3.50. The van der Waals surface area contributed by atoms with E-state index in [9.17, 15) is 0 Å². The minimum Gasteiger partial charge on any atom is -0.436 e. The lowest BCUT2D eigenvalue weighted by Gasteiger charge is -2.29. The van der Waals surface area contributed by atoms with E-state index >= 15 is 0 Å². The third-order valence-corrected chi connectivity index (χ3v) is 5.00. The van der Waals surface area contributed by atoms with E-state index in [1.807, 2.05) is 30.3 Å². The summed E-state index contributed by atoms with van der Waals surface area (Å²) in [6, 6.07) is 18.1. The minimum absolute atomic E-state index is 0.402. The summed E-state index contributed by atoms with van der Waals surface area (Å²) in [4.78, 5) is 11.3. The summed E-state index contributed by atoms with van der Waals surface area (Å²) >= 11 is 0. The SMILES string of the molecule is Nc1ncc(-c2cccc(N3CCOCC3)c2)cc1-c1nc2ccccc2o1. The number of nitrogens with zero attached hydrogens (tertiary/aromatic N) is 3. The number of ether oxygens (including phenoxy) is 1. The summed E-state index contributed by atoms with van der Waals surface area (Å²) in [5, 5.41) is 0. The van der Waals surface area contributed by atoms with Crippen molar-refractivity contribution in [1.29, 1.82) is 0 Å². The Hall–Kier alpha value is -3.38. The average molecular weight is 372 g/mol. The Labute approximate surface area is 162 Å². The number of benzene rings is 2. The molecule has 1 aliphatic heterocycles. The van der Waals surface area contributed by atoms with Crippen LogP contribution in [-0.2, 0) is 4.74 Å². The van der Waals surface area contributed by atoms with Crippen LogP contribution in [0.25, 0.3) is 33.7 Å². The number of morpholine rings is 1. The van der Waals surface area contributed by atoms with Crippen LogP contribution in [0, 0.1) is 0 Å². The van der Waals surface area contributed by atoms with Crippen LogP contribution in [0.15, 0.2) is 65.2 Å².